The first-order valence-electron chi connectivity index (χ1n) is 12.0. The third-order valence-electron chi connectivity index (χ3n) is 6.05. The zero-order valence-electron chi connectivity index (χ0n) is 20.4. The van der Waals surface area contributed by atoms with E-state index in [1.54, 1.807) is 18.4 Å². The molecule has 1 atom stereocenters. The number of carbonyl (C=O) groups excluding carboxylic acids is 1. The van der Waals surface area contributed by atoms with E-state index in [9.17, 15) is 22.8 Å². The Bertz CT molecular complexity index is 1510. The number of halogens is 3. The molecule has 0 saturated carbocycles. The van der Waals surface area contributed by atoms with E-state index in [2.05, 4.69) is 24.1 Å². The molecule has 4 rings (SSSR count). The highest BCUT2D eigenvalue weighted by molar-refractivity contribution is 6.31. The Morgan fingerprint density at radius 3 is 2.29 bits per heavy atom. The molecular weight excluding hydrogens is 495 g/mol. The van der Waals surface area contributed by atoms with Gasteiger partial charge in [-0.2, -0.15) is 13.2 Å². The van der Waals surface area contributed by atoms with Crippen molar-refractivity contribution in [2.45, 2.75) is 38.4 Å². The molecule has 4 aromatic rings. The van der Waals surface area contributed by atoms with Gasteiger partial charge in [-0.3, -0.25) is 4.79 Å². The highest BCUT2D eigenvalue weighted by Gasteiger charge is 2.30. The molecule has 0 aliphatic heterocycles. The van der Waals surface area contributed by atoms with Crippen molar-refractivity contribution in [3.05, 3.63) is 106 Å². The second kappa shape index (κ2) is 11.3. The van der Waals surface area contributed by atoms with Gasteiger partial charge in [0.15, 0.2) is 0 Å². The lowest BCUT2D eigenvalue weighted by molar-refractivity contribution is -0.150. The molecular formula is C30H24F3NO4. The molecule has 2 N–H and O–H groups in total. The molecule has 1 heterocycles. The van der Waals surface area contributed by atoms with Crippen molar-refractivity contribution in [2.75, 3.05) is 0 Å². The first kappa shape index (κ1) is 26.6. The van der Waals surface area contributed by atoms with Crippen molar-refractivity contribution >= 4 is 22.8 Å². The van der Waals surface area contributed by atoms with E-state index in [1.165, 1.54) is 17.7 Å². The molecule has 5 nitrogen and oxygen atoms in total. The number of carboxylic acids is 1. The lowest BCUT2D eigenvalue weighted by Crippen LogP contribution is -2.35. The fraction of sp³-hybridized carbons (Fsp3) is 0.200. The van der Waals surface area contributed by atoms with Crippen LogP contribution in [0.1, 0.15) is 52.8 Å². The highest BCUT2D eigenvalue weighted by Crippen LogP contribution is 2.31. The largest absolute Gasteiger partial charge is 0.474 e. The molecule has 3 aromatic carbocycles. The number of alkyl halides is 3. The minimum atomic E-state index is -4.51. The number of furan rings is 1. The lowest BCUT2D eigenvalue weighted by atomic mass is 9.96. The molecule has 1 aromatic heterocycles. The van der Waals surface area contributed by atoms with Gasteiger partial charge in [-0.25, -0.2) is 4.79 Å². The standard InChI is InChI=1S/C30H24F3NO4/c1-2-3-19-4-6-20(7-5-19)8-10-23-18-38-27-15-9-21(16-25(23)27)17-26(34-28(35)29(36)37)22-11-13-24(14-12-22)30(31,32)33/h4-7,9,11-16,18,26H,2-3,17H2,1H3,(H,34,35)(H,36,37). The minimum absolute atomic E-state index is 0.136. The van der Waals surface area contributed by atoms with Gasteiger partial charge in [0.25, 0.3) is 0 Å². The number of hydrogen-bond acceptors (Lipinski definition) is 3. The van der Waals surface area contributed by atoms with Gasteiger partial charge >= 0.3 is 18.1 Å². The van der Waals surface area contributed by atoms with Crippen LogP contribution in [0.15, 0.2) is 77.4 Å². The van der Waals surface area contributed by atoms with Crippen LogP contribution in [0.4, 0.5) is 13.2 Å². The normalized spacial score (nSPS) is 12.0. The summed E-state index contributed by atoms with van der Waals surface area (Å²) in [6.45, 7) is 2.12. The summed E-state index contributed by atoms with van der Waals surface area (Å²) in [5.74, 6) is 3.30. The van der Waals surface area contributed by atoms with E-state index >= 15 is 0 Å². The average Bonchev–Trinajstić information content (AvgIpc) is 3.30. The summed E-state index contributed by atoms with van der Waals surface area (Å²) in [5.41, 5.74) is 3.56. The van der Waals surface area contributed by atoms with Crippen LogP contribution in [-0.2, 0) is 28.6 Å². The van der Waals surface area contributed by atoms with E-state index in [1.807, 2.05) is 30.3 Å². The quantitative estimate of drug-likeness (QED) is 0.232. The Morgan fingerprint density at radius 2 is 1.66 bits per heavy atom. The maximum atomic E-state index is 13.0. The van der Waals surface area contributed by atoms with Crippen LogP contribution in [0.2, 0.25) is 0 Å². The Kier molecular flexibility index (Phi) is 7.87. The van der Waals surface area contributed by atoms with Crippen LogP contribution in [0, 0.1) is 11.8 Å². The molecule has 0 fully saturated rings. The summed E-state index contributed by atoms with van der Waals surface area (Å²) in [5, 5.41) is 12.2. The van der Waals surface area contributed by atoms with Crippen LogP contribution in [0.5, 0.6) is 0 Å². The van der Waals surface area contributed by atoms with E-state index in [-0.39, 0.29) is 6.42 Å². The van der Waals surface area contributed by atoms with Crippen molar-refractivity contribution in [2.24, 2.45) is 0 Å². The minimum Gasteiger partial charge on any atom is -0.474 e. The van der Waals surface area contributed by atoms with E-state index in [0.29, 0.717) is 22.3 Å². The first-order chi connectivity index (χ1) is 18.1. The zero-order chi connectivity index (χ0) is 27.3. The highest BCUT2D eigenvalue weighted by atomic mass is 19.4. The van der Waals surface area contributed by atoms with Gasteiger partial charge in [0.2, 0.25) is 0 Å². The fourth-order valence-electron chi connectivity index (χ4n) is 4.10. The van der Waals surface area contributed by atoms with E-state index in [0.717, 1.165) is 35.9 Å². The Hall–Kier alpha value is -4.51. The average molecular weight is 520 g/mol. The Morgan fingerprint density at radius 1 is 0.974 bits per heavy atom. The molecule has 0 spiro atoms. The number of rotatable bonds is 6. The Labute approximate surface area is 217 Å². The van der Waals surface area contributed by atoms with E-state index in [4.69, 9.17) is 9.52 Å². The van der Waals surface area contributed by atoms with Crippen LogP contribution in [-0.4, -0.2) is 17.0 Å². The van der Waals surface area contributed by atoms with Gasteiger partial charge in [-0.05, 0) is 65.9 Å². The molecule has 1 unspecified atom stereocenters. The van der Waals surface area contributed by atoms with Crippen molar-refractivity contribution in [1.29, 1.82) is 0 Å². The van der Waals surface area contributed by atoms with Gasteiger partial charge < -0.3 is 14.8 Å². The molecule has 0 aliphatic rings. The SMILES string of the molecule is CCCc1ccc(C#Cc2coc3ccc(CC(NC(=O)C(=O)O)c4ccc(C(F)(F)F)cc4)cc23)cc1. The molecule has 1 amide bonds. The molecule has 0 saturated heterocycles. The summed E-state index contributed by atoms with van der Waals surface area (Å²) >= 11 is 0. The number of carboxylic acid groups (broad SMARTS) is 1. The van der Waals surface area contributed by atoms with Crippen molar-refractivity contribution < 1.29 is 32.3 Å². The topological polar surface area (TPSA) is 79.5 Å². The number of benzene rings is 3. The second-order valence-corrected chi connectivity index (χ2v) is 8.83. The van der Waals surface area contributed by atoms with Gasteiger partial charge in [0.1, 0.15) is 11.8 Å². The predicted octanol–water partition coefficient (Wildman–Crippen LogP) is 6.29. The van der Waals surface area contributed by atoms with Crippen LogP contribution in [0.3, 0.4) is 0 Å². The summed E-state index contributed by atoms with van der Waals surface area (Å²) in [7, 11) is 0. The molecule has 38 heavy (non-hydrogen) atoms. The monoisotopic (exact) mass is 519 g/mol. The number of fused-ring (bicyclic) bond motifs is 1. The van der Waals surface area contributed by atoms with Gasteiger partial charge in [0.05, 0.1) is 17.2 Å². The smallest absolute Gasteiger partial charge is 0.416 e. The summed E-state index contributed by atoms with van der Waals surface area (Å²) in [6.07, 6.45) is -0.763. The third-order valence-corrected chi connectivity index (χ3v) is 6.05. The predicted molar refractivity (Wildman–Crippen MR) is 136 cm³/mol. The number of amides is 1. The van der Waals surface area contributed by atoms with Crippen molar-refractivity contribution in [3.63, 3.8) is 0 Å². The van der Waals surface area contributed by atoms with Crippen LogP contribution in [0.25, 0.3) is 11.0 Å². The van der Waals surface area contributed by atoms with Crippen LogP contribution < -0.4 is 5.32 Å². The maximum absolute atomic E-state index is 13.0. The zero-order valence-corrected chi connectivity index (χ0v) is 20.4. The van der Waals surface area contributed by atoms with Crippen molar-refractivity contribution in [1.82, 2.24) is 5.32 Å². The summed E-state index contributed by atoms with van der Waals surface area (Å²) < 4.78 is 44.6. The lowest BCUT2D eigenvalue weighted by Gasteiger charge is -2.19. The first-order valence-corrected chi connectivity index (χ1v) is 12.0. The number of hydrogen-bond donors (Lipinski definition) is 2. The van der Waals surface area contributed by atoms with Gasteiger partial charge in [-0.1, -0.05) is 55.5 Å². The van der Waals surface area contributed by atoms with Gasteiger partial charge in [-0.15, -0.1) is 0 Å². The van der Waals surface area contributed by atoms with Crippen molar-refractivity contribution in [3.8, 4) is 11.8 Å². The molecule has 0 radical (unpaired) electrons. The molecule has 194 valence electrons. The summed E-state index contributed by atoms with van der Waals surface area (Å²) in [6, 6.07) is 16.7. The third kappa shape index (κ3) is 6.43. The number of nitrogens with one attached hydrogen (secondary N) is 1. The van der Waals surface area contributed by atoms with E-state index < -0.39 is 29.7 Å². The fourth-order valence-corrected chi connectivity index (χ4v) is 4.10. The number of aryl methyl sites for hydroxylation is 1. The number of carbonyl (C=O) groups is 2. The Balaban J connectivity index is 1.61. The molecule has 0 bridgehead atoms. The number of aliphatic carboxylic acids is 1. The second-order valence-electron chi connectivity index (χ2n) is 8.83. The maximum Gasteiger partial charge on any atom is 0.416 e. The molecule has 0 aliphatic carbocycles. The van der Waals surface area contributed by atoms with Crippen LogP contribution >= 0.6 is 0 Å². The summed E-state index contributed by atoms with van der Waals surface area (Å²) in [4.78, 5) is 23.1. The molecule has 8 heteroatoms. The van der Waals surface area contributed by atoms with Gasteiger partial charge in [0, 0.05) is 10.9 Å².